The molecule has 0 spiro atoms. The minimum atomic E-state index is -1.03. The molecule has 25 heavy (non-hydrogen) atoms. The second kappa shape index (κ2) is 6.58. The molecule has 2 atom stereocenters. The van der Waals surface area contributed by atoms with Gasteiger partial charge in [-0.25, -0.2) is 4.79 Å². The van der Waals surface area contributed by atoms with Gasteiger partial charge in [-0.2, -0.15) is 0 Å². The number of fused-ring (bicyclic) bond motifs is 1. The first-order valence-corrected chi connectivity index (χ1v) is 8.21. The van der Waals surface area contributed by atoms with E-state index < -0.39 is 23.8 Å². The van der Waals surface area contributed by atoms with Crippen molar-refractivity contribution in [2.75, 3.05) is 7.11 Å². The number of aliphatic hydroxyl groups is 1. The number of aliphatic hydroxyl groups excluding tert-OH is 1. The van der Waals surface area contributed by atoms with Crippen LogP contribution in [-0.4, -0.2) is 29.9 Å². The van der Waals surface area contributed by atoms with E-state index in [1.54, 1.807) is 57.4 Å². The first-order chi connectivity index (χ1) is 11.8. The highest BCUT2D eigenvalue weighted by Crippen LogP contribution is 2.43. The molecular formula is C19H19ClO5. The van der Waals surface area contributed by atoms with Gasteiger partial charge in [-0.3, -0.25) is 0 Å². The summed E-state index contributed by atoms with van der Waals surface area (Å²) in [5, 5.41) is 11.1. The molecule has 2 unspecified atom stereocenters. The minimum absolute atomic E-state index is 0.319. The summed E-state index contributed by atoms with van der Waals surface area (Å²) in [6.45, 7) is 3.47. The van der Waals surface area contributed by atoms with E-state index in [-0.39, 0.29) is 0 Å². The van der Waals surface area contributed by atoms with Gasteiger partial charge >= 0.3 is 5.97 Å². The standard InChI is InChI=1S/C19H19ClO5/c1-19(2)17(21)16(14-8-7-13(23-3)10-15(14)25-19)24-18(22)11-5-4-6-12(20)9-11/h4-10,16-17,21H,1-3H3. The highest BCUT2D eigenvalue weighted by molar-refractivity contribution is 6.30. The number of hydrogen-bond donors (Lipinski definition) is 1. The maximum Gasteiger partial charge on any atom is 0.338 e. The lowest BCUT2D eigenvalue weighted by Crippen LogP contribution is -2.49. The maximum absolute atomic E-state index is 12.5. The number of esters is 1. The van der Waals surface area contributed by atoms with E-state index in [0.29, 0.717) is 27.6 Å². The van der Waals surface area contributed by atoms with E-state index >= 15 is 0 Å². The van der Waals surface area contributed by atoms with E-state index in [1.165, 1.54) is 6.07 Å². The first kappa shape index (κ1) is 17.6. The molecule has 0 radical (unpaired) electrons. The molecule has 0 amide bonds. The molecule has 6 heteroatoms. The molecule has 132 valence electrons. The Hall–Kier alpha value is -2.24. The van der Waals surface area contributed by atoms with Crippen LogP contribution in [0.3, 0.4) is 0 Å². The summed E-state index contributed by atoms with van der Waals surface area (Å²) in [6.07, 6.45) is -1.90. The zero-order chi connectivity index (χ0) is 18.2. The SMILES string of the molecule is COc1ccc2c(c1)OC(C)(C)C(O)C2OC(=O)c1cccc(Cl)c1. The van der Waals surface area contributed by atoms with Crippen LogP contribution in [0, 0.1) is 0 Å². The Morgan fingerprint density at radius 2 is 2.00 bits per heavy atom. The van der Waals surface area contributed by atoms with Crippen molar-refractivity contribution in [3.8, 4) is 11.5 Å². The summed E-state index contributed by atoms with van der Waals surface area (Å²) < 4.78 is 16.7. The Morgan fingerprint density at radius 1 is 1.24 bits per heavy atom. The first-order valence-electron chi connectivity index (χ1n) is 7.83. The van der Waals surface area contributed by atoms with Crippen LogP contribution >= 0.6 is 11.6 Å². The number of rotatable bonds is 3. The Bertz CT molecular complexity index is 802. The van der Waals surface area contributed by atoms with Crippen molar-refractivity contribution in [1.29, 1.82) is 0 Å². The summed E-state index contributed by atoms with van der Waals surface area (Å²) in [7, 11) is 1.56. The fourth-order valence-electron chi connectivity index (χ4n) is 2.77. The lowest BCUT2D eigenvalue weighted by Gasteiger charge is -2.41. The van der Waals surface area contributed by atoms with Crippen molar-refractivity contribution in [2.24, 2.45) is 0 Å². The molecule has 3 rings (SSSR count). The monoisotopic (exact) mass is 362 g/mol. The zero-order valence-electron chi connectivity index (χ0n) is 14.2. The van der Waals surface area contributed by atoms with Crippen LogP contribution in [0.1, 0.15) is 35.9 Å². The van der Waals surface area contributed by atoms with Crippen LogP contribution in [-0.2, 0) is 4.74 Å². The molecule has 0 fully saturated rings. The topological polar surface area (TPSA) is 65.0 Å². The lowest BCUT2D eigenvalue weighted by molar-refractivity contribution is -0.116. The molecule has 2 aromatic rings. The molecule has 5 nitrogen and oxygen atoms in total. The highest BCUT2D eigenvalue weighted by Gasteiger charge is 2.45. The van der Waals surface area contributed by atoms with Gasteiger partial charge in [-0.05, 0) is 44.2 Å². The van der Waals surface area contributed by atoms with Gasteiger partial charge in [0, 0.05) is 16.7 Å². The smallest absolute Gasteiger partial charge is 0.338 e. The Kier molecular flexibility index (Phi) is 4.62. The Morgan fingerprint density at radius 3 is 2.68 bits per heavy atom. The van der Waals surface area contributed by atoms with Gasteiger partial charge in [0.1, 0.15) is 23.2 Å². The van der Waals surface area contributed by atoms with Crippen LogP contribution in [0.5, 0.6) is 11.5 Å². The summed E-state index contributed by atoms with van der Waals surface area (Å²) in [5.74, 6) is 0.565. The van der Waals surface area contributed by atoms with E-state index in [0.717, 1.165) is 0 Å². The van der Waals surface area contributed by atoms with Gasteiger partial charge in [-0.1, -0.05) is 17.7 Å². The number of benzene rings is 2. The average molecular weight is 363 g/mol. The molecule has 0 aliphatic carbocycles. The lowest BCUT2D eigenvalue weighted by atomic mass is 9.88. The van der Waals surface area contributed by atoms with Gasteiger partial charge in [0.25, 0.3) is 0 Å². The van der Waals surface area contributed by atoms with E-state index in [9.17, 15) is 9.90 Å². The van der Waals surface area contributed by atoms with Gasteiger partial charge in [0.05, 0.1) is 12.7 Å². The molecular weight excluding hydrogens is 344 g/mol. The Balaban J connectivity index is 1.95. The molecule has 0 saturated heterocycles. The van der Waals surface area contributed by atoms with E-state index in [4.69, 9.17) is 25.8 Å². The fraction of sp³-hybridized carbons (Fsp3) is 0.316. The summed E-state index contributed by atoms with van der Waals surface area (Å²) in [6, 6.07) is 11.6. The van der Waals surface area contributed by atoms with Gasteiger partial charge in [-0.15, -0.1) is 0 Å². The molecule has 2 aromatic carbocycles. The van der Waals surface area contributed by atoms with Crippen molar-refractivity contribution in [1.82, 2.24) is 0 Å². The van der Waals surface area contributed by atoms with E-state index in [2.05, 4.69) is 0 Å². The van der Waals surface area contributed by atoms with Crippen LogP contribution < -0.4 is 9.47 Å². The second-order valence-corrected chi connectivity index (χ2v) is 6.83. The van der Waals surface area contributed by atoms with Gasteiger partial charge in [0.15, 0.2) is 6.10 Å². The van der Waals surface area contributed by atoms with E-state index in [1.807, 2.05) is 0 Å². The van der Waals surface area contributed by atoms with Crippen molar-refractivity contribution >= 4 is 17.6 Å². The number of carbonyl (C=O) groups excluding carboxylic acids is 1. The minimum Gasteiger partial charge on any atom is -0.497 e. The van der Waals surface area contributed by atoms with Crippen LogP contribution in [0.25, 0.3) is 0 Å². The number of carbonyl (C=O) groups is 1. The van der Waals surface area contributed by atoms with Crippen LogP contribution in [0.15, 0.2) is 42.5 Å². The van der Waals surface area contributed by atoms with Gasteiger partial charge < -0.3 is 19.3 Å². The normalized spacial score (nSPS) is 21.0. The highest BCUT2D eigenvalue weighted by atomic mass is 35.5. The zero-order valence-corrected chi connectivity index (χ0v) is 14.9. The third kappa shape index (κ3) is 3.43. The van der Waals surface area contributed by atoms with Crippen LogP contribution in [0.2, 0.25) is 5.02 Å². The number of ether oxygens (including phenoxy) is 3. The number of halogens is 1. The summed E-state index contributed by atoms with van der Waals surface area (Å²) >= 11 is 5.93. The van der Waals surface area contributed by atoms with Crippen molar-refractivity contribution in [3.05, 3.63) is 58.6 Å². The molecule has 1 aliphatic heterocycles. The van der Waals surface area contributed by atoms with Gasteiger partial charge in [0.2, 0.25) is 0 Å². The number of hydrogen-bond acceptors (Lipinski definition) is 5. The van der Waals surface area contributed by atoms with Crippen molar-refractivity contribution in [3.63, 3.8) is 0 Å². The third-order valence-electron chi connectivity index (χ3n) is 4.19. The molecule has 1 heterocycles. The molecule has 0 aromatic heterocycles. The predicted octanol–water partition coefficient (Wildman–Crippen LogP) is 3.78. The average Bonchev–Trinajstić information content (AvgIpc) is 2.58. The molecule has 0 saturated carbocycles. The Labute approximate surface area is 151 Å². The summed E-state index contributed by atoms with van der Waals surface area (Å²) in [4.78, 5) is 12.5. The third-order valence-corrected chi connectivity index (χ3v) is 4.43. The number of methoxy groups -OCH3 is 1. The predicted molar refractivity (Wildman–Crippen MR) is 93.3 cm³/mol. The second-order valence-electron chi connectivity index (χ2n) is 6.39. The summed E-state index contributed by atoms with van der Waals surface area (Å²) in [5.41, 5.74) is -0.0272. The van der Waals surface area contributed by atoms with Crippen molar-refractivity contribution in [2.45, 2.75) is 31.7 Å². The van der Waals surface area contributed by atoms with Crippen LogP contribution in [0.4, 0.5) is 0 Å². The molecule has 0 bridgehead atoms. The molecule has 1 aliphatic rings. The maximum atomic E-state index is 12.5. The van der Waals surface area contributed by atoms with Crippen molar-refractivity contribution < 1.29 is 24.1 Å². The quantitative estimate of drug-likeness (QED) is 0.842. The fourth-order valence-corrected chi connectivity index (χ4v) is 2.96. The largest absolute Gasteiger partial charge is 0.497 e. The molecule has 1 N–H and O–H groups in total.